The Bertz CT molecular complexity index is 2600. The zero-order valence-corrected chi connectivity index (χ0v) is 45.7. The predicted molar refractivity (Wildman–Crippen MR) is 267 cm³/mol. The molecule has 1 unspecified atom stereocenters. The first-order valence-electron chi connectivity index (χ1n) is 24.7. The largest absolute Gasteiger partial charge is 0.508 e. The van der Waals surface area contributed by atoms with E-state index in [1.165, 1.54) is 125 Å². The van der Waals surface area contributed by atoms with E-state index in [4.69, 9.17) is 0 Å². The molecule has 0 fully saturated rings. The molecule has 4 N–H and O–H groups in total. The first kappa shape index (κ1) is 61.8. The van der Waals surface area contributed by atoms with Gasteiger partial charge in [-0.2, -0.15) is 52.7 Å². The summed E-state index contributed by atoms with van der Waals surface area (Å²) in [6, 6.07) is 6.77. The van der Waals surface area contributed by atoms with Gasteiger partial charge in [0.2, 0.25) is 10.8 Å². The highest BCUT2D eigenvalue weighted by molar-refractivity contribution is 5.65. The molecule has 0 aromatic heterocycles. The summed E-state index contributed by atoms with van der Waals surface area (Å²) in [5.41, 5.74) is -25.3. The van der Waals surface area contributed by atoms with Crippen LogP contribution in [0.15, 0.2) is 48.5 Å². The van der Waals surface area contributed by atoms with Gasteiger partial charge in [-0.3, -0.25) is 0 Å². The average molecular weight is 1060 g/mol. The summed E-state index contributed by atoms with van der Waals surface area (Å²) in [5, 5.41) is 44.5. The van der Waals surface area contributed by atoms with E-state index in [-0.39, 0.29) is 0 Å². The van der Waals surface area contributed by atoms with Crippen LogP contribution in [0.1, 0.15) is 228 Å². The minimum Gasteiger partial charge on any atom is -0.508 e. The Kier molecular flexibility index (Phi) is 16.4. The number of rotatable bonds is 12. The molecule has 0 amide bonds. The third-order valence-electron chi connectivity index (χ3n) is 14.6. The van der Waals surface area contributed by atoms with Gasteiger partial charge in [-0.1, -0.05) is 125 Å². The van der Waals surface area contributed by atoms with Crippen LogP contribution in [0.5, 0.6) is 23.0 Å². The van der Waals surface area contributed by atoms with E-state index in [1.54, 1.807) is 0 Å². The van der Waals surface area contributed by atoms with Crippen molar-refractivity contribution in [1.29, 1.82) is 0 Å². The minimum absolute atomic E-state index is 0.451. The van der Waals surface area contributed by atoms with E-state index >= 15 is 52.7 Å². The van der Waals surface area contributed by atoms with Gasteiger partial charge in [-0.25, -0.2) is 0 Å². The van der Waals surface area contributed by atoms with E-state index in [0.29, 0.717) is 0 Å². The van der Waals surface area contributed by atoms with Crippen molar-refractivity contribution in [2.75, 3.05) is 0 Å². The van der Waals surface area contributed by atoms with Crippen LogP contribution in [-0.4, -0.2) is 45.1 Å². The van der Waals surface area contributed by atoms with Crippen LogP contribution < -0.4 is 0 Å². The lowest BCUT2D eigenvalue weighted by Gasteiger charge is -2.48. The smallest absolute Gasteiger partial charge is 0.411 e. The maximum Gasteiger partial charge on any atom is 0.411 e. The number of phenols is 4. The lowest BCUT2D eigenvalue weighted by atomic mass is 9.58. The Morgan fingerprint density at radius 2 is 0.568 bits per heavy atom. The van der Waals surface area contributed by atoms with Crippen molar-refractivity contribution in [3.63, 3.8) is 0 Å². The Balaban J connectivity index is 2.30. The van der Waals surface area contributed by atoms with Crippen LogP contribution in [0, 0.1) is 0 Å². The van der Waals surface area contributed by atoms with Gasteiger partial charge >= 0.3 is 24.7 Å². The molecular weight excluding hydrogens is 989 g/mol. The molecule has 0 aliphatic carbocycles. The van der Waals surface area contributed by atoms with Crippen molar-refractivity contribution >= 4 is 0 Å². The molecule has 0 spiro atoms. The maximum absolute atomic E-state index is 17.0. The normalized spacial score (nSPS) is 14.7. The van der Waals surface area contributed by atoms with Crippen LogP contribution in [0.4, 0.5) is 52.7 Å². The van der Waals surface area contributed by atoms with Gasteiger partial charge in [0, 0.05) is 0 Å². The van der Waals surface area contributed by atoms with Crippen molar-refractivity contribution in [2.24, 2.45) is 0 Å². The molecular formula is C58H74F12O4. The van der Waals surface area contributed by atoms with Gasteiger partial charge in [0.05, 0.1) is 0 Å². The summed E-state index contributed by atoms with van der Waals surface area (Å²) >= 11 is 0. The minimum atomic E-state index is -6.22. The molecule has 414 valence electrons. The van der Waals surface area contributed by atoms with Crippen LogP contribution in [-0.2, 0) is 32.5 Å². The monoisotopic (exact) mass is 1060 g/mol. The number of benzene rings is 4. The molecule has 0 saturated heterocycles. The lowest BCUT2D eigenvalue weighted by molar-refractivity contribution is -0.291. The standard InChI is InChI=1S/C58H74F12O4/c1-29(2)37-21-33(71)22-38(30(3)4)45(37)53(55(59,60)61,56(62,63)64)46-39(31(5)6)23-34(72)24-40(46)32(7)19-20-52(17,18)44-28-36(74)27-43(51(14,15)16)48(44)54(57(65,66)67,58(68,69)70)47-41(49(8,9)10)25-35(73)26-42(47)50(11,12)13/h21-32,71-74H,19-20H2,1-18H3. The molecule has 4 aromatic rings. The van der Waals surface area contributed by atoms with E-state index < -0.39 is 183 Å². The van der Waals surface area contributed by atoms with E-state index in [2.05, 4.69) is 0 Å². The second kappa shape index (κ2) is 19.7. The van der Waals surface area contributed by atoms with E-state index in [9.17, 15) is 20.4 Å². The highest BCUT2D eigenvalue weighted by Gasteiger charge is 2.77. The molecule has 0 aliphatic rings. The molecule has 1 atom stereocenters. The zero-order valence-electron chi connectivity index (χ0n) is 45.7. The van der Waals surface area contributed by atoms with Crippen LogP contribution >= 0.6 is 0 Å². The van der Waals surface area contributed by atoms with E-state index in [1.807, 2.05) is 0 Å². The number of hydrogen-bond donors (Lipinski definition) is 4. The number of alkyl halides is 12. The summed E-state index contributed by atoms with van der Waals surface area (Å²) in [7, 11) is 0. The fraction of sp³-hybridized carbons (Fsp3) is 0.586. The molecule has 4 rings (SSSR count). The fourth-order valence-electron chi connectivity index (χ4n) is 10.9. The number of hydrogen-bond acceptors (Lipinski definition) is 4. The summed E-state index contributed by atoms with van der Waals surface area (Å²) in [6.45, 7) is 24.7. The van der Waals surface area contributed by atoms with Gasteiger partial charge in [0.15, 0.2) is 0 Å². The van der Waals surface area contributed by atoms with Crippen molar-refractivity contribution in [1.82, 2.24) is 0 Å². The Morgan fingerprint density at radius 3 is 0.838 bits per heavy atom. The maximum atomic E-state index is 17.0. The summed E-state index contributed by atoms with van der Waals surface area (Å²) in [6.07, 6.45) is -25.8. The quantitative estimate of drug-likeness (QED) is 0.107. The number of aromatic hydroxyl groups is 4. The SMILES string of the molecule is CC(C)c1cc(O)cc(C(C)C)c1C(c1c(C(C)C)cc(O)cc1C(C)CCC(C)(C)c1cc(O)cc(C(C)(C)C)c1C(c1c(C(C)(C)C)cc(O)cc1C(C)(C)C)(C(F)(F)F)C(F)(F)F)(C(F)(F)F)C(F)(F)F. The average Bonchev–Trinajstić information content (AvgIpc) is 3.18. The van der Waals surface area contributed by atoms with Gasteiger partial charge in [0.25, 0.3) is 0 Å². The molecule has 0 aliphatic heterocycles. The highest BCUT2D eigenvalue weighted by Crippen LogP contribution is 2.65. The third kappa shape index (κ3) is 10.8. The lowest BCUT2D eigenvalue weighted by Crippen LogP contribution is -2.58. The highest BCUT2D eigenvalue weighted by atomic mass is 19.4. The number of halogens is 12. The van der Waals surface area contributed by atoms with Gasteiger partial charge in [0.1, 0.15) is 23.0 Å². The molecule has 16 heteroatoms. The van der Waals surface area contributed by atoms with Crippen LogP contribution in [0.3, 0.4) is 0 Å². The van der Waals surface area contributed by atoms with Crippen LogP contribution in [0.25, 0.3) is 0 Å². The summed E-state index contributed by atoms with van der Waals surface area (Å²) in [4.78, 5) is 0. The molecule has 0 saturated carbocycles. The fourth-order valence-corrected chi connectivity index (χ4v) is 10.9. The van der Waals surface area contributed by atoms with Crippen molar-refractivity contribution in [3.05, 3.63) is 115 Å². The molecule has 0 bridgehead atoms. The van der Waals surface area contributed by atoms with Crippen molar-refractivity contribution < 1.29 is 73.1 Å². The van der Waals surface area contributed by atoms with Crippen molar-refractivity contribution in [2.45, 2.75) is 218 Å². The molecule has 0 heterocycles. The first-order valence-corrected chi connectivity index (χ1v) is 24.7. The predicted octanol–water partition coefficient (Wildman–Crippen LogP) is 18.5. The topological polar surface area (TPSA) is 80.9 Å². The van der Waals surface area contributed by atoms with E-state index in [0.717, 1.165) is 48.5 Å². The first-order chi connectivity index (χ1) is 33.0. The molecule has 4 nitrogen and oxygen atoms in total. The Morgan fingerprint density at radius 1 is 0.338 bits per heavy atom. The molecule has 4 aromatic carbocycles. The molecule has 74 heavy (non-hydrogen) atoms. The van der Waals surface area contributed by atoms with Crippen molar-refractivity contribution in [3.8, 4) is 23.0 Å². The summed E-state index contributed by atoms with van der Waals surface area (Å²) < 4.78 is 202. The number of phenolic OH excluding ortho intramolecular Hbond substituents is 4. The Labute approximate surface area is 428 Å². The second-order valence-electron chi connectivity index (χ2n) is 24.9. The Hall–Kier alpha value is -4.76. The van der Waals surface area contributed by atoms with Gasteiger partial charge in [-0.15, -0.1) is 0 Å². The van der Waals surface area contributed by atoms with Crippen LogP contribution in [0.2, 0.25) is 0 Å². The molecule has 0 radical (unpaired) electrons. The third-order valence-corrected chi connectivity index (χ3v) is 14.6. The zero-order chi connectivity index (χ0) is 57.6. The second-order valence-corrected chi connectivity index (χ2v) is 24.9. The van der Waals surface area contributed by atoms with Gasteiger partial charge in [-0.05, 0) is 173 Å². The van der Waals surface area contributed by atoms with Gasteiger partial charge < -0.3 is 20.4 Å². The summed E-state index contributed by atoms with van der Waals surface area (Å²) in [5.74, 6) is -7.14.